The van der Waals surface area contributed by atoms with Crippen molar-refractivity contribution >= 4 is 5.97 Å². The zero-order chi connectivity index (χ0) is 14.8. The number of rotatable bonds is 5. The predicted octanol–water partition coefficient (Wildman–Crippen LogP) is 1.59. The van der Waals surface area contributed by atoms with Crippen LogP contribution in [0.15, 0.2) is 0 Å². The molecule has 0 aromatic carbocycles. The van der Waals surface area contributed by atoms with Crippen molar-refractivity contribution in [3.05, 3.63) is 11.6 Å². The maximum Gasteiger partial charge on any atom is 0.310 e. The molecule has 2 rings (SSSR count). The number of carbonyl (C=O) groups is 1. The summed E-state index contributed by atoms with van der Waals surface area (Å²) in [7, 11) is 1.95. The van der Waals surface area contributed by atoms with Gasteiger partial charge < -0.3 is 9.67 Å². The number of aryl methyl sites for hydroxylation is 1. The lowest BCUT2D eigenvalue weighted by Crippen LogP contribution is -2.47. The first-order valence-corrected chi connectivity index (χ1v) is 7.29. The van der Waals surface area contributed by atoms with Crippen molar-refractivity contribution in [3.8, 4) is 0 Å². The molecule has 1 N–H and O–H groups in total. The Morgan fingerprint density at radius 2 is 2.20 bits per heavy atom. The minimum Gasteiger partial charge on any atom is -0.481 e. The van der Waals surface area contributed by atoms with Gasteiger partial charge in [-0.2, -0.15) is 0 Å². The van der Waals surface area contributed by atoms with Gasteiger partial charge in [-0.15, -0.1) is 10.2 Å². The highest BCUT2D eigenvalue weighted by Crippen LogP contribution is 2.35. The molecule has 0 radical (unpaired) electrons. The fourth-order valence-corrected chi connectivity index (χ4v) is 3.11. The average Bonchev–Trinajstić information content (AvgIpc) is 2.71. The van der Waals surface area contributed by atoms with Crippen LogP contribution in [0.4, 0.5) is 0 Å². The van der Waals surface area contributed by atoms with E-state index < -0.39 is 11.4 Å². The molecular weight excluding hydrogens is 256 g/mol. The summed E-state index contributed by atoms with van der Waals surface area (Å²) in [5.74, 6) is 1.13. The molecule has 0 bridgehead atoms. The third kappa shape index (κ3) is 2.85. The van der Waals surface area contributed by atoms with Gasteiger partial charge in [-0.25, -0.2) is 0 Å². The standard InChI is InChI=1S/C14H24N4O2/c1-4-6-14(13(19)20)7-5-8-18(10-14)9-12-16-15-11(2)17(12)3/h4-10H2,1-3H3,(H,19,20). The Kier molecular flexibility index (Phi) is 4.42. The third-order valence-electron chi connectivity index (χ3n) is 4.39. The van der Waals surface area contributed by atoms with E-state index in [9.17, 15) is 9.90 Å². The van der Waals surface area contributed by atoms with E-state index in [0.29, 0.717) is 13.1 Å². The smallest absolute Gasteiger partial charge is 0.310 e. The molecule has 112 valence electrons. The highest BCUT2D eigenvalue weighted by molar-refractivity contribution is 5.75. The van der Waals surface area contributed by atoms with Crippen molar-refractivity contribution in [2.45, 2.75) is 46.1 Å². The lowest BCUT2D eigenvalue weighted by atomic mass is 9.76. The molecular formula is C14H24N4O2. The minimum absolute atomic E-state index is 0.583. The molecule has 1 aromatic heterocycles. The first-order chi connectivity index (χ1) is 9.48. The van der Waals surface area contributed by atoms with Crippen LogP contribution >= 0.6 is 0 Å². The summed E-state index contributed by atoms with van der Waals surface area (Å²) in [4.78, 5) is 13.9. The van der Waals surface area contributed by atoms with Crippen LogP contribution in [-0.4, -0.2) is 43.8 Å². The molecule has 1 fully saturated rings. The van der Waals surface area contributed by atoms with E-state index in [0.717, 1.165) is 43.9 Å². The van der Waals surface area contributed by atoms with Gasteiger partial charge in [-0.1, -0.05) is 13.3 Å². The summed E-state index contributed by atoms with van der Waals surface area (Å²) in [6.07, 6.45) is 3.37. The highest BCUT2D eigenvalue weighted by Gasteiger charge is 2.41. The second-order valence-corrected chi connectivity index (χ2v) is 5.87. The summed E-state index contributed by atoms with van der Waals surface area (Å²) in [6, 6.07) is 0. The van der Waals surface area contributed by atoms with E-state index in [1.165, 1.54) is 0 Å². The lowest BCUT2D eigenvalue weighted by Gasteiger charge is -2.39. The Bertz CT molecular complexity index is 482. The van der Waals surface area contributed by atoms with Crippen LogP contribution < -0.4 is 0 Å². The Labute approximate surface area is 119 Å². The maximum absolute atomic E-state index is 11.7. The van der Waals surface area contributed by atoms with Gasteiger partial charge in [0.1, 0.15) is 11.6 Å². The third-order valence-corrected chi connectivity index (χ3v) is 4.39. The van der Waals surface area contributed by atoms with E-state index >= 15 is 0 Å². The summed E-state index contributed by atoms with van der Waals surface area (Å²) in [6.45, 7) is 6.20. The number of nitrogens with zero attached hydrogens (tertiary/aromatic N) is 4. The Morgan fingerprint density at radius 3 is 2.75 bits per heavy atom. The Balaban J connectivity index is 2.10. The fraction of sp³-hybridized carbons (Fsp3) is 0.786. The number of piperidine rings is 1. The van der Waals surface area contributed by atoms with Gasteiger partial charge in [0, 0.05) is 13.6 Å². The molecule has 1 aliphatic heterocycles. The molecule has 1 unspecified atom stereocenters. The SMILES string of the molecule is CCCC1(C(=O)O)CCCN(Cc2nnc(C)n2C)C1. The van der Waals surface area contributed by atoms with Crippen molar-refractivity contribution in [1.82, 2.24) is 19.7 Å². The zero-order valence-electron chi connectivity index (χ0n) is 12.6. The van der Waals surface area contributed by atoms with Crippen molar-refractivity contribution in [2.75, 3.05) is 13.1 Å². The van der Waals surface area contributed by atoms with Crippen LogP contribution in [0.2, 0.25) is 0 Å². The number of aromatic nitrogens is 3. The van der Waals surface area contributed by atoms with Gasteiger partial charge >= 0.3 is 5.97 Å². The van der Waals surface area contributed by atoms with Crippen molar-refractivity contribution in [3.63, 3.8) is 0 Å². The Morgan fingerprint density at radius 1 is 1.45 bits per heavy atom. The van der Waals surface area contributed by atoms with Gasteiger partial charge in [0.2, 0.25) is 0 Å². The normalized spacial score (nSPS) is 23.9. The highest BCUT2D eigenvalue weighted by atomic mass is 16.4. The van der Waals surface area contributed by atoms with E-state index in [2.05, 4.69) is 22.0 Å². The van der Waals surface area contributed by atoms with Gasteiger partial charge in [0.25, 0.3) is 0 Å². The molecule has 0 saturated carbocycles. The molecule has 0 spiro atoms. The molecule has 1 saturated heterocycles. The van der Waals surface area contributed by atoms with E-state index in [1.54, 1.807) is 0 Å². The van der Waals surface area contributed by atoms with E-state index in [-0.39, 0.29) is 0 Å². The van der Waals surface area contributed by atoms with Crippen LogP contribution in [0.25, 0.3) is 0 Å². The van der Waals surface area contributed by atoms with Crippen LogP contribution in [0.5, 0.6) is 0 Å². The first-order valence-electron chi connectivity index (χ1n) is 7.29. The molecule has 6 nitrogen and oxygen atoms in total. The summed E-state index contributed by atoms with van der Waals surface area (Å²) >= 11 is 0. The molecule has 0 aliphatic carbocycles. The quantitative estimate of drug-likeness (QED) is 0.887. The number of likely N-dealkylation sites (tertiary alicyclic amines) is 1. The van der Waals surface area contributed by atoms with Gasteiger partial charge in [0.15, 0.2) is 0 Å². The minimum atomic E-state index is -0.654. The number of hydrogen-bond donors (Lipinski definition) is 1. The van der Waals surface area contributed by atoms with Crippen molar-refractivity contribution in [2.24, 2.45) is 12.5 Å². The molecule has 1 aliphatic rings. The molecule has 20 heavy (non-hydrogen) atoms. The van der Waals surface area contributed by atoms with Crippen LogP contribution in [0.3, 0.4) is 0 Å². The number of carboxylic acids is 1. The number of aliphatic carboxylic acids is 1. The van der Waals surface area contributed by atoms with E-state index in [1.807, 2.05) is 18.5 Å². The fourth-order valence-electron chi connectivity index (χ4n) is 3.11. The van der Waals surface area contributed by atoms with Crippen LogP contribution in [-0.2, 0) is 18.4 Å². The average molecular weight is 280 g/mol. The number of hydrogen-bond acceptors (Lipinski definition) is 4. The molecule has 6 heteroatoms. The largest absolute Gasteiger partial charge is 0.481 e. The van der Waals surface area contributed by atoms with E-state index in [4.69, 9.17) is 0 Å². The van der Waals surface area contributed by atoms with Crippen molar-refractivity contribution in [1.29, 1.82) is 0 Å². The Hall–Kier alpha value is -1.43. The second-order valence-electron chi connectivity index (χ2n) is 5.87. The second kappa shape index (κ2) is 5.91. The first kappa shape index (κ1) is 15.0. The molecule has 2 heterocycles. The monoisotopic (exact) mass is 280 g/mol. The molecule has 1 atom stereocenters. The molecule has 0 amide bonds. The predicted molar refractivity (Wildman–Crippen MR) is 75.2 cm³/mol. The summed E-state index contributed by atoms with van der Waals surface area (Å²) < 4.78 is 1.97. The topological polar surface area (TPSA) is 71.2 Å². The van der Waals surface area contributed by atoms with Gasteiger partial charge in [-0.3, -0.25) is 9.69 Å². The van der Waals surface area contributed by atoms with Gasteiger partial charge in [0.05, 0.1) is 12.0 Å². The number of carboxylic acid groups (broad SMARTS) is 1. The summed E-state index contributed by atoms with van der Waals surface area (Å²) in [5, 5.41) is 17.8. The molecule has 1 aromatic rings. The van der Waals surface area contributed by atoms with Crippen LogP contribution in [0.1, 0.15) is 44.3 Å². The van der Waals surface area contributed by atoms with Crippen molar-refractivity contribution < 1.29 is 9.90 Å². The van der Waals surface area contributed by atoms with Crippen LogP contribution in [0, 0.1) is 12.3 Å². The zero-order valence-corrected chi connectivity index (χ0v) is 12.6. The lowest BCUT2D eigenvalue weighted by molar-refractivity contribution is -0.153. The maximum atomic E-state index is 11.7. The summed E-state index contributed by atoms with van der Waals surface area (Å²) in [5.41, 5.74) is -0.583. The van der Waals surface area contributed by atoms with Gasteiger partial charge in [-0.05, 0) is 32.7 Å².